The van der Waals surface area contributed by atoms with E-state index in [0.29, 0.717) is 5.76 Å². The van der Waals surface area contributed by atoms with Gasteiger partial charge in [0.25, 0.3) is 0 Å². The molecule has 1 rings (SSSR count). The first-order valence-electron chi connectivity index (χ1n) is 5.14. The molecule has 0 spiro atoms. The first kappa shape index (κ1) is 13.2. The van der Waals surface area contributed by atoms with Crippen LogP contribution in [0.2, 0.25) is 0 Å². The molecule has 6 nitrogen and oxygen atoms in total. The summed E-state index contributed by atoms with van der Waals surface area (Å²) in [6.07, 6.45) is 0. The average Bonchev–Trinajstić information content (AvgIpc) is 2.64. The summed E-state index contributed by atoms with van der Waals surface area (Å²) in [5, 5.41) is 10.9. The van der Waals surface area contributed by atoms with E-state index < -0.39 is 12.6 Å². The van der Waals surface area contributed by atoms with Crippen LogP contribution in [0.25, 0.3) is 0 Å². The van der Waals surface area contributed by atoms with Gasteiger partial charge in [-0.3, -0.25) is 4.79 Å². The van der Waals surface area contributed by atoms with Gasteiger partial charge in [-0.15, -0.1) is 0 Å². The van der Waals surface area contributed by atoms with Gasteiger partial charge in [0.05, 0.1) is 6.04 Å². The predicted octanol–water partition coefficient (Wildman–Crippen LogP) is 0.866. The van der Waals surface area contributed by atoms with Gasteiger partial charge in [-0.2, -0.15) is 0 Å². The zero-order valence-corrected chi connectivity index (χ0v) is 9.73. The van der Waals surface area contributed by atoms with Gasteiger partial charge in [0.15, 0.2) is 0 Å². The number of carboxylic acids is 1. The molecule has 1 aromatic heterocycles. The number of carboxylic acid groups (broad SMARTS) is 1. The van der Waals surface area contributed by atoms with Crippen LogP contribution in [0.3, 0.4) is 0 Å². The van der Waals surface area contributed by atoms with E-state index in [-0.39, 0.29) is 18.6 Å². The number of furan rings is 1. The number of ether oxygens (including phenoxy) is 1. The molecule has 2 N–H and O–H groups in total. The van der Waals surface area contributed by atoms with Crippen molar-refractivity contribution in [2.75, 3.05) is 13.2 Å². The SMILES string of the molecule is Cc1ccc(C(C)NC(=O)COCC(=O)O)o1. The fraction of sp³-hybridized carbons (Fsp3) is 0.455. The summed E-state index contributed by atoms with van der Waals surface area (Å²) in [4.78, 5) is 21.5. The van der Waals surface area contributed by atoms with E-state index >= 15 is 0 Å². The Balaban J connectivity index is 2.33. The molecule has 1 heterocycles. The van der Waals surface area contributed by atoms with E-state index in [2.05, 4.69) is 10.1 Å². The number of hydrogen-bond acceptors (Lipinski definition) is 4. The van der Waals surface area contributed by atoms with Crippen LogP contribution in [0.15, 0.2) is 16.5 Å². The second-order valence-electron chi connectivity index (χ2n) is 3.62. The first-order valence-corrected chi connectivity index (χ1v) is 5.14. The highest BCUT2D eigenvalue weighted by atomic mass is 16.5. The van der Waals surface area contributed by atoms with Crippen LogP contribution >= 0.6 is 0 Å². The van der Waals surface area contributed by atoms with Gasteiger partial charge in [0, 0.05) is 0 Å². The maximum Gasteiger partial charge on any atom is 0.329 e. The Labute approximate surface area is 98.6 Å². The third-order valence-corrected chi connectivity index (χ3v) is 2.02. The van der Waals surface area contributed by atoms with Crippen LogP contribution in [-0.2, 0) is 14.3 Å². The third kappa shape index (κ3) is 4.69. The fourth-order valence-corrected chi connectivity index (χ4v) is 1.27. The smallest absolute Gasteiger partial charge is 0.329 e. The van der Waals surface area contributed by atoms with Crippen molar-refractivity contribution in [2.45, 2.75) is 19.9 Å². The summed E-state index contributed by atoms with van der Waals surface area (Å²) in [5.74, 6) is -0.0716. The highest BCUT2D eigenvalue weighted by molar-refractivity contribution is 5.78. The molecule has 0 aromatic carbocycles. The summed E-state index contributed by atoms with van der Waals surface area (Å²) in [7, 11) is 0. The molecule has 94 valence electrons. The minimum absolute atomic E-state index is 0.273. The molecule has 0 saturated heterocycles. The van der Waals surface area contributed by atoms with Crippen molar-refractivity contribution >= 4 is 11.9 Å². The lowest BCUT2D eigenvalue weighted by atomic mass is 10.2. The molecule has 0 aliphatic rings. The predicted molar refractivity (Wildman–Crippen MR) is 58.5 cm³/mol. The summed E-state index contributed by atoms with van der Waals surface area (Å²) in [5.41, 5.74) is 0. The standard InChI is InChI=1S/C11H15NO5/c1-7-3-4-9(17-7)8(2)12-10(13)5-16-6-11(14)15/h3-4,8H,5-6H2,1-2H3,(H,12,13)(H,14,15). The topological polar surface area (TPSA) is 88.8 Å². The second kappa shape index (κ2) is 6.05. The van der Waals surface area contributed by atoms with Crippen LogP contribution in [0.1, 0.15) is 24.5 Å². The molecule has 0 saturated carbocycles. The lowest BCUT2D eigenvalue weighted by Crippen LogP contribution is -2.30. The monoisotopic (exact) mass is 241 g/mol. The summed E-state index contributed by atoms with van der Waals surface area (Å²) in [6, 6.07) is 3.31. The molecule has 1 aromatic rings. The molecule has 1 atom stereocenters. The van der Waals surface area contributed by atoms with Crippen LogP contribution in [-0.4, -0.2) is 30.2 Å². The molecule has 0 radical (unpaired) electrons. The van der Waals surface area contributed by atoms with Gasteiger partial charge in [0.2, 0.25) is 5.91 Å². The van der Waals surface area contributed by atoms with Gasteiger partial charge < -0.3 is 19.6 Å². The highest BCUT2D eigenvalue weighted by Crippen LogP contribution is 2.15. The Morgan fingerprint density at radius 3 is 2.71 bits per heavy atom. The van der Waals surface area contributed by atoms with Crippen molar-refractivity contribution in [3.63, 3.8) is 0 Å². The third-order valence-electron chi connectivity index (χ3n) is 2.02. The van der Waals surface area contributed by atoms with E-state index in [0.717, 1.165) is 5.76 Å². The zero-order valence-electron chi connectivity index (χ0n) is 9.73. The molecule has 6 heteroatoms. The molecule has 0 bridgehead atoms. The minimum atomic E-state index is -1.10. The zero-order chi connectivity index (χ0) is 12.8. The van der Waals surface area contributed by atoms with Gasteiger partial charge >= 0.3 is 5.97 Å². The second-order valence-corrected chi connectivity index (χ2v) is 3.62. The van der Waals surface area contributed by atoms with Crippen molar-refractivity contribution in [1.82, 2.24) is 5.32 Å². The Bertz CT molecular complexity index is 398. The first-order chi connectivity index (χ1) is 7.99. The molecule has 0 fully saturated rings. The highest BCUT2D eigenvalue weighted by Gasteiger charge is 2.12. The fourth-order valence-electron chi connectivity index (χ4n) is 1.27. The number of carbonyl (C=O) groups is 2. The Hall–Kier alpha value is -1.82. The van der Waals surface area contributed by atoms with Crippen molar-refractivity contribution < 1.29 is 23.8 Å². The maximum atomic E-state index is 11.3. The van der Waals surface area contributed by atoms with Gasteiger partial charge in [-0.25, -0.2) is 4.79 Å². The quantitative estimate of drug-likeness (QED) is 0.771. The van der Waals surface area contributed by atoms with E-state index in [1.165, 1.54) is 0 Å². The van der Waals surface area contributed by atoms with Crippen molar-refractivity contribution in [2.24, 2.45) is 0 Å². The Kier molecular flexibility index (Phi) is 4.71. The Morgan fingerprint density at radius 2 is 2.18 bits per heavy atom. The molecule has 1 unspecified atom stereocenters. The molecular weight excluding hydrogens is 226 g/mol. The van der Waals surface area contributed by atoms with Gasteiger partial charge in [-0.05, 0) is 26.0 Å². The molecular formula is C11H15NO5. The van der Waals surface area contributed by atoms with Crippen molar-refractivity contribution in [3.05, 3.63) is 23.7 Å². The van der Waals surface area contributed by atoms with Crippen LogP contribution < -0.4 is 5.32 Å². The van der Waals surface area contributed by atoms with Crippen molar-refractivity contribution in [1.29, 1.82) is 0 Å². The number of rotatable bonds is 6. The summed E-state index contributed by atoms with van der Waals surface area (Å²) < 4.78 is 10.00. The number of hydrogen-bond donors (Lipinski definition) is 2. The van der Waals surface area contributed by atoms with Crippen LogP contribution in [0.4, 0.5) is 0 Å². The van der Waals surface area contributed by atoms with Gasteiger partial charge in [-0.1, -0.05) is 0 Å². The molecule has 0 aliphatic carbocycles. The summed E-state index contributed by atoms with van der Waals surface area (Å²) >= 11 is 0. The lowest BCUT2D eigenvalue weighted by molar-refractivity contribution is -0.143. The number of aliphatic carboxylic acids is 1. The number of nitrogens with one attached hydrogen (secondary N) is 1. The number of carbonyl (C=O) groups excluding carboxylic acids is 1. The maximum absolute atomic E-state index is 11.3. The Morgan fingerprint density at radius 1 is 1.47 bits per heavy atom. The van der Waals surface area contributed by atoms with E-state index in [9.17, 15) is 9.59 Å². The van der Waals surface area contributed by atoms with Crippen molar-refractivity contribution in [3.8, 4) is 0 Å². The molecule has 17 heavy (non-hydrogen) atoms. The summed E-state index contributed by atoms with van der Waals surface area (Å²) in [6.45, 7) is 2.82. The van der Waals surface area contributed by atoms with E-state index in [4.69, 9.17) is 9.52 Å². The molecule has 1 amide bonds. The largest absolute Gasteiger partial charge is 0.480 e. The van der Waals surface area contributed by atoms with Crippen LogP contribution in [0, 0.1) is 6.92 Å². The number of aryl methyl sites for hydroxylation is 1. The minimum Gasteiger partial charge on any atom is -0.480 e. The van der Waals surface area contributed by atoms with E-state index in [1.807, 2.05) is 6.92 Å². The molecule has 0 aliphatic heterocycles. The van der Waals surface area contributed by atoms with Crippen LogP contribution in [0.5, 0.6) is 0 Å². The number of amides is 1. The average molecular weight is 241 g/mol. The van der Waals surface area contributed by atoms with E-state index in [1.54, 1.807) is 19.1 Å². The normalized spacial score (nSPS) is 12.1. The van der Waals surface area contributed by atoms with Gasteiger partial charge in [0.1, 0.15) is 24.7 Å². The lowest BCUT2D eigenvalue weighted by Gasteiger charge is -2.11.